The molecule has 2 heterocycles. The Labute approximate surface area is 61.7 Å². The molecule has 1 N–H and O–H groups in total. The number of nitrogens with zero attached hydrogens (tertiary/aromatic N) is 2. The number of fused-ring (bicyclic) bond motifs is 1. The summed E-state index contributed by atoms with van der Waals surface area (Å²) in [5, 5.41) is 0. The van der Waals surface area contributed by atoms with Crippen molar-refractivity contribution in [3.8, 4) is 0 Å². The molecule has 2 aromatic rings. The predicted octanol–water partition coefficient (Wildman–Crippen LogP) is 0.337. The third-order valence-electron chi connectivity index (χ3n) is 1.58. The molecule has 0 saturated carbocycles. The number of hydrogen-bond donors (Lipinski definition) is 1. The summed E-state index contributed by atoms with van der Waals surface area (Å²) in [5.41, 5.74) is 0.851. The van der Waals surface area contributed by atoms with Crippen molar-refractivity contribution in [1.29, 1.82) is 0 Å². The predicted molar refractivity (Wildman–Crippen MR) is 38.3 cm³/mol. The number of aryl methyl sites for hydroxylation is 1. The maximum atomic E-state index is 11.0. The second-order valence-electron chi connectivity index (χ2n) is 2.18. The van der Waals surface area contributed by atoms with E-state index in [9.17, 15) is 4.79 Å². The molecule has 2 rings (SSSR count). The van der Waals surface area contributed by atoms with Gasteiger partial charge in [0.15, 0.2) is 12.0 Å². The summed E-state index contributed by atoms with van der Waals surface area (Å²) in [5.74, 6) is 0. The van der Waals surface area contributed by atoms with Crippen molar-refractivity contribution < 1.29 is 4.42 Å². The lowest BCUT2D eigenvalue weighted by Gasteiger charge is -1.89. The fourth-order valence-corrected chi connectivity index (χ4v) is 1.07. The van der Waals surface area contributed by atoms with Crippen molar-refractivity contribution in [3.05, 3.63) is 16.9 Å². The van der Waals surface area contributed by atoms with Crippen LogP contribution in [0.15, 0.2) is 15.6 Å². The fraction of sp³-hybridized carbons (Fsp3) is 0.333. The van der Waals surface area contributed by atoms with Gasteiger partial charge in [0.25, 0.3) is 0 Å². The van der Waals surface area contributed by atoms with Crippen molar-refractivity contribution in [1.82, 2.24) is 14.5 Å². The van der Waals surface area contributed by atoms with Crippen LogP contribution < -0.4 is 5.69 Å². The number of aromatic amines is 1. The van der Waals surface area contributed by atoms with E-state index in [0.717, 1.165) is 0 Å². The van der Waals surface area contributed by atoms with Gasteiger partial charge >= 0.3 is 5.69 Å². The summed E-state index contributed by atoms with van der Waals surface area (Å²) in [6, 6.07) is 0. The number of rotatable bonds is 1. The van der Waals surface area contributed by atoms with Crippen LogP contribution in [0.25, 0.3) is 11.4 Å². The molecule has 0 aliphatic carbocycles. The number of nitrogens with one attached hydrogen (secondary N) is 1. The monoisotopic (exact) mass is 153 g/mol. The molecule has 0 aliphatic rings. The van der Waals surface area contributed by atoms with Gasteiger partial charge in [-0.15, -0.1) is 0 Å². The Kier molecular flexibility index (Phi) is 1.12. The molecule has 58 valence electrons. The standard InChI is InChI=1S/C6H7N3O2/c1-2-9-5-4(7-3-11-5)8-6(9)10/h3H,2H2,1H3,(H,8,10). The van der Waals surface area contributed by atoms with E-state index < -0.39 is 0 Å². The summed E-state index contributed by atoms with van der Waals surface area (Å²) in [7, 11) is 0. The van der Waals surface area contributed by atoms with Gasteiger partial charge < -0.3 is 4.42 Å². The first-order valence-corrected chi connectivity index (χ1v) is 3.35. The maximum Gasteiger partial charge on any atom is 0.330 e. The van der Waals surface area contributed by atoms with Gasteiger partial charge in [0.2, 0.25) is 5.71 Å². The SMILES string of the molecule is CCn1c(=O)[nH]c2ncoc21. The molecular weight excluding hydrogens is 146 g/mol. The Morgan fingerprint density at radius 3 is 3.36 bits per heavy atom. The Bertz CT molecular complexity index is 422. The number of hydrogen-bond acceptors (Lipinski definition) is 3. The highest BCUT2D eigenvalue weighted by atomic mass is 16.3. The number of aromatic nitrogens is 3. The van der Waals surface area contributed by atoms with Gasteiger partial charge in [-0.3, -0.25) is 9.55 Å². The Balaban J connectivity index is 2.91. The lowest BCUT2D eigenvalue weighted by molar-refractivity contribution is 0.554. The van der Waals surface area contributed by atoms with Crippen molar-refractivity contribution in [2.24, 2.45) is 0 Å². The maximum absolute atomic E-state index is 11.0. The smallest absolute Gasteiger partial charge is 0.330 e. The summed E-state index contributed by atoms with van der Waals surface area (Å²) >= 11 is 0. The van der Waals surface area contributed by atoms with Crippen LogP contribution in [-0.4, -0.2) is 14.5 Å². The molecule has 0 radical (unpaired) electrons. The van der Waals surface area contributed by atoms with E-state index in [-0.39, 0.29) is 5.69 Å². The zero-order valence-corrected chi connectivity index (χ0v) is 6.00. The van der Waals surface area contributed by atoms with Gasteiger partial charge in [0.1, 0.15) is 0 Å². The van der Waals surface area contributed by atoms with Gasteiger partial charge in [-0.05, 0) is 6.92 Å². The van der Waals surface area contributed by atoms with Gasteiger partial charge in [-0.1, -0.05) is 0 Å². The first-order valence-electron chi connectivity index (χ1n) is 3.35. The normalized spacial score (nSPS) is 11.0. The van der Waals surface area contributed by atoms with Crippen LogP contribution in [0, 0.1) is 0 Å². The van der Waals surface area contributed by atoms with Crippen LogP contribution >= 0.6 is 0 Å². The summed E-state index contributed by atoms with van der Waals surface area (Å²) in [4.78, 5) is 17.4. The van der Waals surface area contributed by atoms with Gasteiger partial charge in [0.05, 0.1) is 0 Å². The Hall–Kier alpha value is -1.52. The topological polar surface area (TPSA) is 63.8 Å². The summed E-state index contributed by atoms with van der Waals surface area (Å²) < 4.78 is 6.47. The third-order valence-corrected chi connectivity index (χ3v) is 1.58. The van der Waals surface area contributed by atoms with Crippen LogP contribution in [-0.2, 0) is 6.54 Å². The van der Waals surface area contributed by atoms with E-state index >= 15 is 0 Å². The highest BCUT2D eigenvalue weighted by Crippen LogP contribution is 2.05. The minimum Gasteiger partial charge on any atom is -0.425 e. The van der Waals surface area contributed by atoms with Gasteiger partial charge in [-0.2, -0.15) is 4.98 Å². The van der Waals surface area contributed by atoms with E-state index in [2.05, 4.69) is 9.97 Å². The van der Waals surface area contributed by atoms with Crippen LogP contribution in [0.5, 0.6) is 0 Å². The van der Waals surface area contributed by atoms with Crippen LogP contribution in [0.2, 0.25) is 0 Å². The average Bonchev–Trinajstić information content (AvgIpc) is 2.46. The molecule has 0 bridgehead atoms. The molecule has 0 amide bonds. The molecule has 5 nitrogen and oxygen atoms in total. The van der Waals surface area contributed by atoms with E-state index in [1.54, 1.807) is 0 Å². The van der Waals surface area contributed by atoms with Gasteiger partial charge in [-0.25, -0.2) is 4.79 Å². The van der Waals surface area contributed by atoms with E-state index in [0.29, 0.717) is 17.9 Å². The van der Waals surface area contributed by atoms with E-state index in [1.165, 1.54) is 11.0 Å². The number of imidazole rings is 1. The molecule has 5 heteroatoms. The minimum atomic E-state index is -0.172. The van der Waals surface area contributed by atoms with Crippen LogP contribution in [0.3, 0.4) is 0 Å². The first-order chi connectivity index (χ1) is 5.33. The van der Waals surface area contributed by atoms with Crippen LogP contribution in [0.4, 0.5) is 0 Å². The number of H-pyrrole nitrogens is 1. The van der Waals surface area contributed by atoms with E-state index in [1.807, 2.05) is 6.92 Å². The summed E-state index contributed by atoms with van der Waals surface area (Å²) in [6.07, 6.45) is 1.31. The Morgan fingerprint density at radius 1 is 1.82 bits per heavy atom. The van der Waals surface area contributed by atoms with Crippen molar-refractivity contribution in [2.45, 2.75) is 13.5 Å². The molecule has 11 heavy (non-hydrogen) atoms. The second-order valence-corrected chi connectivity index (χ2v) is 2.18. The highest BCUT2D eigenvalue weighted by Gasteiger charge is 2.07. The largest absolute Gasteiger partial charge is 0.425 e. The molecule has 0 aromatic carbocycles. The van der Waals surface area contributed by atoms with Crippen molar-refractivity contribution in [3.63, 3.8) is 0 Å². The zero-order valence-electron chi connectivity index (χ0n) is 6.00. The first kappa shape index (κ1) is 6.21. The third kappa shape index (κ3) is 0.705. The number of oxazole rings is 1. The zero-order chi connectivity index (χ0) is 7.84. The van der Waals surface area contributed by atoms with E-state index in [4.69, 9.17) is 4.42 Å². The molecule has 0 fully saturated rings. The van der Waals surface area contributed by atoms with Gasteiger partial charge in [0, 0.05) is 6.54 Å². The quantitative estimate of drug-likeness (QED) is 0.642. The second kappa shape index (κ2) is 1.98. The van der Waals surface area contributed by atoms with Crippen LogP contribution in [0.1, 0.15) is 6.92 Å². The highest BCUT2D eigenvalue weighted by molar-refractivity contribution is 5.62. The Morgan fingerprint density at radius 2 is 2.64 bits per heavy atom. The molecule has 2 aromatic heterocycles. The molecule has 0 atom stereocenters. The fourth-order valence-electron chi connectivity index (χ4n) is 1.07. The molecular formula is C6H7N3O2. The van der Waals surface area contributed by atoms with Crippen molar-refractivity contribution in [2.75, 3.05) is 0 Å². The molecule has 0 unspecified atom stereocenters. The summed E-state index contributed by atoms with van der Waals surface area (Å²) in [6.45, 7) is 2.46. The average molecular weight is 153 g/mol. The molecule has 0 spiro atoms. The van der Waals surface area contributed by atoms with Crippen molar-refractivity contribution >= 4 is 11.4 Å². The molecule has 0 aliphatic heterocycles. The lowest BCUT2D eigenvalue weighted by Crippen LogP contribution is -2.15. The minimum absolute atomic E-state index is 0.172. The molecule has 0 saturated heterocycles. The lowest BCUT2D eigenvalue weighted by atomic mass is 10.7.